The first-order valence-electron chi connectivity index (χ1n) is 5.18. The van der Waals surface area contributed by atoms with Gasteiger partial charge >= 0.3 is 0 Å². The Morgan fingerprint density at radius 3 is 2.60 bits per heavy atom. The molecule has 0 bridgehead atoms. The number of benzene rings is 1. The highest BCUT2D eigenvalue weighted by atomic mass is 35.5. The first kappa shape index (κ1) is 12.3. The largest absolute Gasteiger partial charge is 0.492 e. The topological polar surface area (TPSA) is 12.5 Å². The monoisotopic (exact) mass is 227 g/mol. The van der Waals surface area contributed by atoms with Crippen molar-refractivity contribution in [2.75, 3.05) is 26.1 Å². The summed E-state index contributed by atoms with van der Waals surface area (Å²) in [5.74, 6) is 1.58. The van der Waals surface area contributed by atoms with Crippen LogP contribution in [0.15, 0.2) is 30.3 Å². The van der Waals surface area contributed by atoms with Crippen molar-refractivity contribution in [1.82, 2.24) is 4.90 Å². The Hall–Kier alpha value is -0.730. The summed E-state index contributed by atoms with van der Waals surface area (Å²) in [7, 11) is 2.06. The summed E-state index contributed by atoms with van der Waals surface area (Å²) >= 11 is 5.76. The molecule has 0 amide bonds. The maximum absolute atomic E-state index is 5.76. The lowest BCUT2D eigenvalue weighted by Gasteiger charge is -2.22. The third-order valence-corrected chi connectivity index (χ3v) is 2.88. The van der Waals surface area contributed by atoms with E-state index in [2.05, 4.69) is 18.9 Å². The van der Waals surface area contributed by atoms with Gasteiger partial charge in [0.25, 0.3) is 0 Å². The van der Waals surface area contributed by atoms with Crippen LogP contribution in [-0.2, 0) is 0 Å². The molecule has 0 aromatic heterocycles. The summed E-state index contributed by atoms with van der Waals surface area (Å²) in [6.45, 7) is 3.69. The van der Waals surface area contributed by atoms with Gasteiger partial charge in [0.15, 0.2) is 0 Å². The number of hydrogen-bond acceptors (Lipinski definition) is 2. The molecule has 0 radical (unpaired) electrons. The molecule has 2 nitrogen and oxygen atoms in total. The number of hydrogen-bond donors (Lipinski definition) is 0. The van der Waals surface area contributed by atoms with Crippen LogP contribution < -0.4 is 4.74 Å². The van der Waals surface area contributed by atoms with E-state index in [0.717, 1.165) is 12.3 Å². The Bertz CT molecular complexity index is 266. The summed E-state index contributed by atoms with van der Waals surface area (Å²) in [4.78, 5) is 2.19. The molecule has 1 aromatic carbocycles. The van der Waals surface area contributed by atoms with Crippen LogP contribution in [-0.4, -0.2) is 37.0 Å². The molecular weight excluding hydrogens is 210 g/mol. The van der Waals surface area contributed by atoms with Crippen molar-refractivity contribution < 1.29 is 4.74 Å². The van der Waals surface area contributed by atoms with E-state index in [0.29, 0.717) is 18.5 Å². The maximum Gasteiger partial charge on any atom is 0.119 e. The molecule has 0 N–H and O–H groups in total. The van der Waals surface area contributed by atoms with E-state index in [1.165, 1.54) is 0 Å². The van der Waals surface area contributed by atoms with Crippen molar-refractivity contribution >= 4 is 11.6 Å². The highest BCUT2D eigenvalue weighted by Crippen LogP contribution is 2.08. The lowest BCUT2D eigenvalue weighted by Crippen LogP contribution is -2.33. The molecule has 84 valence electrons. The number of ether oxygens (including phenoxy) is 1. The lowest BCUT2D eigenvalue weighted by molar-refractivity contribution is 0.210. The second-order valence-corrected chi connectivity index (χ2v) is 3.95. The van der Waals surface area contributed by atoms with Crippen LogP contribution in [0.5, 0.6) is 5.75 Å². The summed E-state index contributed by atoms with van der Waals surface area (Å²) < 4.78 is 5.59. The van der Waals surface area contributed by atoms with E-state index in [-0.39, 0.29) is 0 Å². The van der Waals surface area contributed by atoms with Gasteiger partial charge in [-0.2, -0.15) is 0 Å². The molecule has 0 aliphatic rings. The average molecular weight is 228 g/mol. The highest BCUT2D eigenvalue weighted by molar-refractivity contribution is 6.18. The highest BCUT2D eigenvalue weighted by Gasteiger charge is 2.06. The fourth-order valence-electron chi connectivity index (χ4n) is 1.16. The van der Waals surface area contributed by atoms with Gasteiger partial charge in [-0.05, 0) is 26.1 Å². The zero-order chi connectivity index (χ0) is 11.1. The number of likely N-dealkylation sites (N-methyl/N-ethyl adjacent to an activating group) is 1. The van der Waals surface area contributed by atoms with E-state index >= 15 is 0 Å². The minimum Gasteiger partial charge on any atom is -0.492 e. The summed E-state index contributed by atoms with van der Waals surface area (Å²) in [6, 6.07) is 10.2. The van der Waals surface area contributed by atoms with Gasteiger partial charge in [-0.25, -0.2) is 0 Å². The quantitative estimate of drug-likeness (QED) is 0.693. The fourth-order valence-corrected chi connectivity index (χ4v) is 1.40. The van der Waals surface area contributed by atoms with Gasteiger partial charge in [0, 0.05) is 18.5 Å². The van der Waals surface area contributed by atoms with Gasteiger partial charge < -0.3 is 4.74 Å². The maximum atomic E-state index is 5.76. The minimum absolute atomic E-state index is 0.394. The van der Waals surface area contributed by atoms with Gasteiger partial charge in [-0.3, -0.25) is 4.90 Å². The number of nitrogens with zero attached hydrogens (tertiary/aromatic N) is 1. The molecule has 0 aliphatic heterocycles. The molecule has 1 rings (SSSR count). The van der Waals surface area contributed by atoms with Crippen LogP contribution in [0.25, 0.3) is 0 Å². The number of halogens is 1. The SMILES string of the molecule is CC(CCl)N(C)CCOc1ccccc1. The number of rotatable bonds is 6. The van der Waals surface area contributed by atoms with Gasteiger partial charge in [-0.15, -0.1) is 11.6 Å². The van der Waals surface area contributed by atoms with Gasteiger partial charge in [0.05, 0.1) is 0 Å². The van der Waals surface area contributed by atoms with Gasteiger partial charge in [-0.1, -0.05) is 18.2 Å². The van der Waals surface area contributed by atoms with E-state index in [9.17, 15) is 0 Å². The fraction of sp³-hybridized carbons (Fsp3) is 0.500. The third-order valence-electron chi connectivity index (χ3n) is 2.43. The van der Waals surface area contributed by atoms with Crippen molar-refractivity contribution in [3.8, 4) is 5.75 Å². The van der Waals surface area contributed by atoms with E-state index < -0.39 is 0 Å². The standard InChI is InChI=1S/C12H18ClNO/c1-11(10-13)14(2)8-9-15-12-6-4-3-5-7-12/h3-7,11H,8-10H2,1-2H3. The van der Waals surface area contributed by atoms with Gasteiger partial charge in [0.2, 0.25) is 0 Å². The van der Waals surface area contributed by atoms with Crippen LogP contribution >= 0.6 is 11.6 Å². The number of para-hydroxylation sites is 1. The van der Waals surface area contributed by atoms with Crippen LogP contribution in [0.2, 0.25) is 0 Å². The molecule has 1 aromatic rings. The predicted octanol–water partition coefficient (Wildman–Crippen LogP) is 2.62. The molecule has 0 saturated carbocycles. The van der Waals surface area contributed by atoms with E-state index in [1.807, 2.05) is 30.3 Å². The van der Waals surface area contributed by atoms with Crippen LogP contribution in [0, 0.1) is 0 Å². The van der Waals surface area contributed by atoms with Crippen LogP contribution in [0.4, 0.5) is 0 Å². The third kappa shape index (κ3) is 4.54. The van der Waals surface area contributed by atoms with Crippen molar-refractivity contribution in [3.05, 3.63) is 30.3 Å². The Kier molecular flexibility index (Phi) is 5.51. The molecule has 1 atom stereocenters. The van der Waals surface area contributed by atoms with E-state index in [4.69, 9.17) is 16.3 Å². The molecule has 0 saturated heterocycles. The smallest absolute Gasteiger partial charge is 0.119 e. The summed E-state index contributed by atoms with van der Waals surface area (Å²) in [5.41, 5.74) is 0. The molecular formula is C12H18ClNO. The number of alkyl halides is 1. The first-order chi connectivity index (χ1) is 7.24. The predicted molar refractivity (Wildman–Crippen MR) is 64.7 cm³/mol. The second-order valence-electron chi connectivity index (χ2n) is 3.65. The normalized spacial score (nSPS) is 12.8. The molecule has 0 spiro atoms. The molecule has 15 heavy (non-hydrogen) atoms. The zero-order valence-electron chi connectivity index (χ0n) is 9.32. The van der Waals surface area contributed by atoms with Gasteiger partial charge in [0.1, 0.15) is 12.4 Å². The molecule has 3 heteroatoms. The Labute approximate surface area is 96.8 Å². The Balaban J connectivity index is 2.22. The zero-order valence-corrected chi connectivity index (χ0v) is 10.1. The molecule has 0 aliphatic carbocycles. The molecule has 1 unspecified atom stereocenters. The summed E-state index contributed by atoms with van der Waals surface area (Å²) in [5, 5.41) is 0. The van der Waals surface area contributed by atoms with Crippen molar-refractivity contribution in [1.29, 1.82) is 0 Å². The van der Waals surface area contributed by atoms with Crippen molar-refractivity contribution in [3.63, 3.8) is 0 Å². The van der Waals surface area contributed by atoms with Crippen molar-refractivity contribution in [2.45, 2.75) is 13.0 Å². The van der Waals surface area contributed by atoms with Crippen LogP contribution in [0.3, 0.4) is 0 Å². The molecule has 0 heterocycles. The van der Waals surface area contributed by atoms with E-state index in [1.54, 1.807) is 0 Å². The average Bonchev–Trinajstić information content (AvgIpc) is 2.29. The van der Waals surface area contributed by atoms with Crippen molar-refractivity contribution in [2.24, 2.45) is 0 Å². The first-order valence-corrected chi connectivity index (χ1v) is 5.71. The summed E-state index contributed by atoms with van der Waals surface area (Å²) in [6.07, 6.45) is 0. The lowest BCUT2D eigenvalue weighted by atomic mass is 10.3. The Morgan fingerprint density at radius 1 is 1.33 bits per heavy atom. The minimum atomic E-state index is 0.394. The van der Waals surface area contributed by atoms with Crippen LogP contribution in [0.1, 0.15) is 6.92 Å². The molecule has 0 fully saturated rings. The Morgan fingerprint density at radius 2 is 2.00 bits per heavy atom. The second kappa shape index (κ2) is 6.70.